The van der Waals surface area contributed by atoms with Crippen LogP contribution in [-0.4, -0.2) is 56.7 Å². The van der Waals surface area contributed by atoms with Crippen LogP contribution in [0.25, 0.3) is 9.69 Å². The molecule has 294 valence electrons. The molecule has 5 N–H and O–H groups in total. The number of nitriles is 2. The molecule has 0 saturated carbocycles. The summed E-state index contributed by atoms with van der Waals surface area (Å²) >= 11 is 14.8. The Bertz CT molecular complexity index is 2110. The summed E-state index contributed by atoms with van der Waals surface area (Å²) < 4.78 is 5.40. The fourth-order valence-electron chi connectivity index (χ4n) is 3.39. The number of amides is 2. The van der Waals surface area contributed by atoms with Gasteiger partial charge >= 0.3 is 103 Å². The van der Waals surface area contributed by atoms with E-state index in [0.29, 0.717) is 33.9 Å². The second-order valence-electron chi connectivity index (χ2n) is 10.9. The molecular weight excluding hydrogens is 913 g/mol. The summed E-state index contributed by atoms with van der Waals surface area (Å²) in [6, 6.07) is 25.3. The van der Waals surface area contributed by atoms with Crippen molar-refractivity contribution in [2.45, 2.75) is 32.5 Å². The fourth-order valence-corrected chi connectivity index (χ4v) is 4.09. The largest absolute Gasteiger partial charge is 1.00 e. The number of rotatable bonds is 9. The van der Waals surface area contributed by atoms with Gasteiger partial charge in [0.1, 0.15) is 23.7 Å². The zero-order chi connectivity index (χ0) is 41.6. The maximum absolute atomic E-state index is 12.2. The molecule has 4 aromatic rings. The molecule has 4 rings (SSSR count). The predicted molar refractivity (Wildman–Crippen MR) is 212 cm³/mol. The van der Waals surface area contributed by atoms with Gasteiger partial charge in [0.25, 0.3) is 18.3 Å². The summed E-state index contributed by atoms with van der Waals surface area (Å²) in [4.78, 5) is 41.6. The number of hydrogen-bond acceptors (Lipinski definition) is 11. The van der Waals surface area contributed by atoms with Crippen LogP contribution in [0.5, 0.6) is 11.5 Å². The molecule has 0 heterocycles. The molecular formula is C38H35BrCl2K2N6O9. The SMILES string of the molecule is C.N#Cc1ccc(O)cc1.O=CO[O-].[C-]#[N+]c1ccc(NC(=O)[C@@](C)(O)CBr)cc1Cl.[C-]#[N+]c1ccc(NC(=O)[C@@](C)(O)COc2ccc(C#N)cc2)cc1Cl.[H-].[K+].[K+]. The Morgan fingerprint density at radius 1 is 0.845 bits per heavy atom. The van der Waals surface area contributed by atoms with Gasteiger partial charge in [-0.3, -0.25) is 14.4 Å². The van der Waals surface area contributed by atoms with E-state index in [1.54, 1.807) is 42.5 Å². The number of aliphatic hydroxyl groups is 2. The first kappa shape index (κ1) is 59.4. The van der Waals surface area contributed by atoms with E-state index in [0.717, 1.165) is 0 Å². The molecule has 0 saturated heterocycles. The average molecular weight is 949 g/mol. The van der Waals surface area contributed by atoms with E-state index in [2.05, 4.69) is 41.1 Å². The van der Waals surface area contributed by atoms with Crippen molar-refractivity contribution in [3.63, 3.8) is 0 Å². The number of nitrogens with one attached hydrogen (secondary N) is 2. The molecule has 0 bridgehead atoms. The first-order valence-corrected chi connectivity index (χ1v) is 16.9. The van der Waals surface area contributed by atoms with Gasteiger partial charge in [-0.15, -0.1) is 0 Å². The number of alkyl halides is 1. The molecule has 15 nitrogen and oxygen atoms in total. The molecule has 0 radical (unpaired) electrons. The number of halogens is 3. The van der Waals surface area contributed by atoms with E-state index in [1.807, 2.05) is 12.1 Å². The number of carbonyl (C=O) groups excluding carboxylic acids is 3. The van der Waals surface area contributed by atoms with Gasteiger partial charge in [-0.2, -0.15) is 10.5 Å². The Morgan fingerprint density at radius 2 is 1.22 bits per heavy atom. The van der Waals surface area contributed by atoms with E-state index in [1.165, 1.54) is 56.3 Å². The summed E-state index contributed by atoms with van der Waals surface area (Å²) in [7, 11) is 0. The fraction of sp³-hybridized carbons (Fsp3) is 0.184. The molecule has 0 unspecified atom stereocenters. The third-order valence-corrected chi connectivity index (χ3v) is 8.13. The van der Waals surface area contributed by atoms with Crippen LogP contribution in [0.2, 0.25) is 10.0 Å². The molecule has 58 heavy (non-hydrogen) atoms. The van der Waals surface area contributed by atoms with Gasteiger partial charge in [0.2, 0.25) is 11.4 Å². The van der Waals surface area contributed by atoms with Gasteiger partial charge in [0.05, 0.1) is 36.4 Å². The van der Waals surface area contributed by atoms with Crippen molar-refractivity contribution in [1.29, 1.82) is 10.5 Å². The molecule has 0 aliphatic carbocycles. The molecule has 0 aliphatic heterocycles. The van der Waals surface area contributed by atoms with Gasteiger partial charge < -0.3 is 42.3 Å². The Balaban J connectivity index is -0.000000386. The number of carbonyl (C=O) groups is 3. The molecule has 20 heteroatoms. The Hall–Kier alpha value is -2.94. The van der Waals surface area contributed by atoms with E-state index < -0.39 is 23.0 Å². The van der Waals surface area contributed by atoms with Crippen molar-refractivity contribution >= 4 is 80.2 Å². The van der Waals surface area contributed by atoms with Crippen LogP contribution in [0, 0.1) is 35.8 Å². The van der Waals surface area contributed by atoms with E-state index in [9.17, 15) is 19.8 Å². The van der Waals surface area contributed by atoms with Crippen LogP contribution in [0.15, 0.2) is 84.9 Å². The van der Waals surface area contributed by atoms with E-state index in [4.69, 9.17) is 66.8 Å². The second-order valence-corrected chi connectivity index (χ2v) is 12.3. The molecule has 0 fully saturated rings. The molecule has 2 atom stereocenters. The molecule has 0 aliphatic rings. The monoisotopic (exact) mass is 946 g/mol. The number of anilines is 2. The molecule has 0 aromatic heterocycles. The van der Waals surface area contributed by atoms with Gasteiger partial charge in [-0.05, 0) is 86.6 Å². The second kappa shape index (κ2) is 31.0. The van der Waals surface area contributed by atoms with Crippen molar-refractivity contribution in [2.24, 2.45) is 0 Å². The van der Waals surface area contributed by atoms with E-state index in [-0.39, 0.29) is 152 Å². The molecule has 2 amide bonds. The van der Waals surface area contributed by atoms with Crippen LogP contribution < -0.4 is 123 Å². The topological polar surface area (TPSA) is 234 Å². The number of phenolic OH excluding ortho intramolecular Hbond substituents is 1. The third-order valence-electron chi connectivity index (χ3n) is 6.43. The zero-order valence-corrected chi connectivity index (χ0v) is 40.1. The van der Waals surface area contributed by atoms with E-state index >= 15 is 0 Å². The van der Waals surface area contributed by atoms with Gasteiger partial charge in [0.15, 0.2) is 5.60 Å². The van der Waals surface area contributed by atoms with Gasteiger partial charge in [-0.1, -0.05) is 58.7 Å². The maximum Gasteiger partial charge on any atom is 1.00 e. The molecule has 0 spiro atoms. The Labute approximate surface area is 440 Å². The zero-order valence-electron chi connectivity index (χ0n) is 31.8. The number of aromatic hydroxyl groups is 1. The van der Waals surface area contributed by atoms with Crippen LogP contribution in [-0.2, 0) is 19.3 Å². The maximum atomic E-state index is 12.2. The minimum absolute atomic E-state index is 0. The van der Waals surface area contributed by atoms with Crippen molar-refractivity contribution in [3.05, 3.63) is 129 Å². The van der Waals surface area contributed by atoms with Crippen molar-refractivity contribution in [2.75, 3.05) is 22.6 Å². The average Bonchev–Trinajstić information content (AvgIpc) is 3.18. The smallest absolute Gasteiger partial charge is 1.00 e. The first-order valence-electron chi connectivity index (χ1n) is 15.0. The Kier molecular flexibility index (Phi) is 31.7. The molecule has 4 aromatic carbocycles. The standard InChI is InChI=1S/C18H14ClN3O3.C11H10BrClN2O2.C7H5NO.CH2O3.CH4.2K.H/c1-18(24,11-25-14-6-3-12(10-20)4-7-14)17(23)22-13-5-8-16(21-2)15(19)9-13;1-11(17,6-12)10(16)15-7-3-4-9(14-2)8(13)5-7;8-5-6-1-3-7(9)4-2-6;2-1-4-3;;;;/h3-9,24H,11H2,1H3,(H,22,23);3-5,17H,6H2,1H3,(H,15,16);1-4,9H;1,3H;1H4;;;/q;;;;;2*+1;-1/p-1/t18-;11-;;;;;;/m00....../s1. The van der Waals surface area contributed by atoms with Crippen molar-refractivity contribution in [3.8, 4) is 23.6 Å². The van der Waals surface area contributed by atoms with Crippen molar-refractivity contribution < 1.29 is 149 Å². The number of phenols is 1. The van der Waals surface area contributed by atoms with Crippen LogP contribution in [0.4, 0.5) is 22.7 Å². The van der Waals surface area contributed by atoms with Crippen molar-refractivity contribution in [1.82, 2.24) is 0 Å². The van der Waals surface area contributed by atoms with Crippen LogP contribution in [0.1, 0.15) is 33.8 Å². The third kappa shape index (κ3) is 21.9. The van der Waals surface area contributed by atoms with Gasteiger partial charge in [-0.25, -0.2) is 9.69 Å². The quantitative estimate of drug-likeness (QED) is 0.0396. The van der Waals surface area contributed by atoms with Gasteiger partial charge in [0, 0.05) is 26.8 Å². The van der Waals surface area contributed by atoms with Crippen LogP contribution in [0.3, 0.4) is 0 Å². The number of hydrogen-bond donors (Lipinski definition) is 5. The predicted octanol–water partition coefficient (Wildman–Crippen LogP) is 0.961. The minimum atomic E-state index is -1.79. The summed E-state index contributed by atoms with van der Waals surface area (Å²) in [6.07, 6.45) is 0. The summed E-state index contributed by atoms with van der Waals surface area (Å²) in [6.45, 7) is 16.0. The number of nitrogens with zero attached hydrogens (tertiary/aromatic N) is 4. The summed E-state index contributed by atoms with van der Waals surface area (Å²) in [5.41, 5.74) is -0.851. The number of benzene rings is 4. The minimum Gasteiger partial charge on any atom is -1.00 e. The Morgan fingerprint density at radius 3 is 1.55 bits per heavy atom. The first-order chi connectivity index (χ1) is 26.0. The number of ether oxygens (including phenoxy) is 1. The summed E-state index contributed by atoms with van der Waals surface area (Å²) in [5, 5.41) is 59.8. The van der Waals surface area contributed by atoms with Crippen LogP contribution >= 0.6 is 39.1 Å². The normalized spacial score (nSPS) is 11.0. The summed E-state index contributed by atoms with van der Waals surface area (Å²) in [5.74, 6) is -0.598.